The highest BCUT2D eigenvalue weighted by Gasteiger charge is 2.50. The van der Waals surface area contributed by atoms with Crippen LogP contribution in [0.5, 0.6) is 5.75 Å². The molecule has 4 heterocycles. The predicted octanol–water partition coefficient (Wildman–Crippen LogP) is 3.80. The number of methoxy groups -OCH3 is 1. The molecule has 5 nitrogen and oxygen atoms in total. The first kappa shape index (κ1) is 15.0. The van der Waals surface area contributed by atoms with Gasteiger partial charge in [0.15, 0.2) is 0 Å². The molecule has 1 N–H and O–H groups in total. The van der Waals surface area contributed by atoms with Crippen molar-refractivity contribution < 1.29 is 4.74 Å². The molecular formula is C22H20N4O. The molecule has 0 fully saturated rings. The quantitative estimate of drug-likeness (QED) is 0.721. The van der Waals surface area contributed by atoms with E-state index in [9.17, 15) is 0 Å². The van der Waals surface area contributed by atoms with Crippen LogP contribution < -0.4 is 4.74 Å². The monoisotopic (exact) mass is 356 g/mol. The first-order valence-electron chi connectivity index (χ1n) is 9.45. The van der Waals surface area contributed by atoms with Crippen LogP contribution in [0.2, 0.25) is 0 Å². The minimum atomic E-state index is -0.241. The van der Waals surface area contributed by atoms with E-state index in [1.807, 2.05) is 18.5 Å². The number of H-pyrrole nitrogens is 1. The maximum Gasteiger partial charge on any atom is 0.121 e. The molecule has 1 atom stereocenters. The van der Waals surface area contributed by atoms with E-state index in [2.05, 4.69) is 40.2 Å². The van der Waals surface area contributed by atoms with Gasteiger partial charge in [-0.15, -0.1) is 0 Å². The summed E-state index contributed by atoms with van der Waals surface area (Å²) < 4.78 is 5.42. The van der Waals surface area contributed by atoms with Crippen LogP contribution in [0, 0.1) is 0 Å². The van der Waals surface area contributed by atoms with Gasteiger partial charge in [-0.25, -0.2) is 4.99 Å². The van der Waals surface area contributed by atoms with E-state index in [1.54, 1.807) is 7.11 Å². The third kappa shape index (κ3) is 1.84. The summed E-state index contributed by atoms with van der Waals surface area (Å²) in [5.74, 6) is 0.840. The van der Waals surface area contributed by atoms with E-state index in [0.29, 0.717) is 0 Å². The molecule has 0 aliphatic carbocycles. The Kier molecular flexibility index (Phi) is 2.91. The van der Waals surface area contributed by atoms with Crippen molar-refractivity contribution in [3.8, 4) is 5.75 Å². The lowest BCUT2D eigenvalue weighted by molar-refractivity contribution is 0.261. The molecule has 134 valence electrons. The van der Waals surface area contributed by atoms with Crippen molar-refractivity contribution in [1.29, 1.82) is 0 Å². The summed E-state index contributed by atoms with van der Waals surface area (Å²) in [7, 11) is 1.70. The number of nitrogens with zero attached hydrogens (tertiary/aromatic N) is 3. The number of nitrogens with one attached hydrogen (secondary N) is 1. The Morgan fingerprint density at radius 1 is 1.19 bits per heavy atom. The molecule has 1 aromatic heterocycles. The van der Waals surface area contributed by atoms with Crippen molar-refractivity contribution in [2.75, 3.05) is 20.2 Å². The Bertz CT molecular complexity index is 1140. The Morgan fingerprint density at radius 2 is 2.11 bits per heavy atom. The van der Waals surface area contributed by atoms with Gasteiger partial charge in [-0.3, -0.25) is 4.99 Å². The standard InChI is InChI=1S/C22H20N4O/c1-27-14-6-7-17-19(12-14)24-13-26-11-8-16-15-4-2-3-5-18(15)25-20(16)21-22(17,26)9-10-23-21/h2-7,12-13,25H,8-11H2,1H3/t22-/m0/s1. The third-order valence-corrected chi connectivity index (χ3v) is 6.27. The first-order valence-corrected chi connectivity index (χ1v) is 9.45. The molecule has 3 aliphatic heterocycles. The minimum absolute atomic E-state index is 0.241. The minimum Gasteiger partial charge on any atom is -0.497 e. The molecule has 3 aliphatic rings. The Labute approximate surface area is 157 Å². The van der Waals surface area contributed by atoms with E-state index < -0.39 is 0 Å². The summed E-state index contributed by atoms with van der Waals surface area (Å²) in [6.07, 6.45) is 3.97. The van der Waals surface area contributed by atoms with E-state index in [0.717, 1.165) is 43.1 Å². The summed E-state index contributed by atoms with van der Waals surface area (Å²) in [6, 6.07) is 14.8. The van der Waals surface area contributed by atoms with Crippen LogP contribution in [0.4, 0.5) is 5.69 Å². The maximum atomic E-state index is 5.42. The molecule has 0 saturated heterocycles. The van der Waals surface area contributed by atoms with Crippen LogP contribution >= 0.6 is 0 Å². The Hall–Kier alpha value is -3.08. The molecule has 0 unspecified atom stereocenters. The lowest BCUT2D eigenvalue weighted by Crippen LogP contribution is -2.51. The molecule has 0 radical (unpaired) electrons. The number of aromatic nitrogens is 1. The molecular weight excluding hydrogens is 336 g/mol. The fourth-order valence-electron chi connectivity index (χ4n) is 5.03. The van der Waals surface area contributed by atoms with Gasteiger partial charge in [-0.05, 0) is 24.1 Å². The summed E-state index contributed by atoms with van der Waals surface area (Å²) in [5.41, 5.74) is 6.91. The van der Waals surface area contributed by atoms with Crippen molar-refractivity contribution in [2.24, 2.45) is 9.98 Å². The topological polar surface area (TPSA) is 53.0 Å². The molecule has 0 saturated carbocycles. The lowest BCUT2D eigenvalue weighted by atomic mass is 9.79. The number of aromatic amines is 1. The second-order valence-electron chi connectivity index (χ2n) is 7.44. The zero-order valence-corrected chi connectivity index (χ0v) is 15.2. The predicted molar refractivity (Wildman–Crippen MR) is 108 cm³/mol. The zero-order chi connectivity index (χ0) is 18.0. The smallest absolute Gasteiger partial charge is 0.121 e. The number of benzene rings is 2. The summed E-state index contributed by atoms with van der Waals surface area (Å²) >= 11 is 0. The van der Waals surface area contributed by atoms with Gasteiger partial charge in [0.05, 0.1) is 30.5 Å². The normalized spacial score (nSPS) is 22.6. The van der Waals surface area contributed by atoms with Crippen LogP contribution in [0.25, 0.3) is 10.9 Å². The number of ether oxygens (including phenoxy) is 1. The zero-order valence-electron chi connectivity index (χ0n) is 15.2. The Morgan fingerprint density at radius 3 is 3.04 bits per heavy atom. The van der Waals surface area contributed by atoms with Gasteiger partial charge in [0.2, 0.25) is 0 Å². The fourth-order valence-corrected chi connectivity index (χ4v) is 5.03. The van der Waals surface area contributed by atoms with E-state index in [-0.39, 0.29) is 5.54 Å². The highest BCUT2D eigenvalue weighted by Crippen LogP contribution is 2.48. The van der Waals surface area contributed by atoms with Gasteiger partial charge >= 0.3 is 0 Å². The van der Waals surface area contributed by atoms with Crippen LogP contribution in [0.3, 0.4) is 0 Å². The van der Waals surface area contributed by atoms with Crippen LogP contribution in [-0.4, -0.2) is 42.1 Å². The number of hydrogen-bond donors (Lipinski definition) is 1. The van der Waals surface area contributed by atoms with Gasteiger partial charge in [0.1, 0.15) is 11.3 Å². The highest BCUT2D eigenvalue weighted by molar-refractivity contribution is 6.14. The fraction of sp³-hybridized carbons (Fsp3) is 0.273. The average Bonchev–Trinajstić information content (AvgIpc) is 3.26. The third-order valence-electron chi connectivity index (χ3n) is 6.27. The summed E-state index contributed by atoms with van der Waals surface area (Å²) in [6.45, 7) is 1.77. The highest BCUT2D eigenvalue weighted by atomic mass is 16.5. The maximum absolute atomic E-state index is 5.42. The largest absolute Gasteiger partial charge is 0.497 e. The van der Waals surface area contributed by atoms with Gasteiger partial charge in [-0.2, -0.15) is 0 Å². The van der Waals surface area contributed by atoms with Crippen LogP contribution in [0.15, 0.2) is 52.4 Å². The number of para-hydroxylation sites is 1. The molecule has 5 heteroatoms. The lowest BCUT2D eigenvalue weighted by Gasteiger charge is -2.43. The van der Waals surface area contributed by atoms with E-state index >= 15 is 0 Å². The molecule has 0 bridgehead atoms. The van der Waals surface area contributed by atoms with E-state index in [4.69, 9.17) is 14.7 Å². The summed E-state index contributed by atoms with van der Waals surface area (Å²) in [5, 5.41) is 1.31. The molecule has 2 aromatic carbocycles. The van der Waals surface area contributed by atoms with Crippen molar-refractivity contribution in [3.63, 3.8) is 0 Å². The average molecular weight is 356 g/mol. The second kappa shape index (κ2) is 5.22. The van der Waals surface area contributed by atoms with Gasteiger partial charge in [0.25, 0.3) is 0 Å². The first-order chi connectivity index (χ1) is 13.3. The summed E-state index contributed by atoms with van der Waals surface area (Å²) in [4.78, 5) is 15.9. The number of rotatable bonds is 1. The molecule has 3 aromatic rings. The number of fused-ring (bicyclic) bond motifs is 5. The van der Waals surface area contributed by atoms with E-state index in [1.165, 1.54) is 27.7 Å². The molecule has 27 heavy (non-hydrogen) atoms. The van der Waals surface area contributed by atoms with Crippen LogP contribution in [-0.2, 0) is 12.0 Å². The SMILES string of the molecule is COc1ccc2c(c1)N=CN1CCc3c([nH]c4ccccc34)C3=NCC[C@@]321. The molecule has 6 rings (SSSR count). The van der Waals surface area contributed by atoms with Crippen molar-refractivity contribution in [3.05, 3.63) is 59.3 Å². The molecule has 1 spiro atoms. The van der Waals surface area contributed by atoms with Crippen molar-refractivity contribution in [2.45, 2.75) is 18.4 Å². The Balaban J connectivity index is 1.63. The van der Waals surface area contributed by atoms with Crippen molar-refractivity contribution in [1.82, 2.24) is 9.88 Å². The van der Waals surface area contributed by atoms with Gasteiger partial charge in [-0.1, -0.05) is 24.3 Å². The second-order valence-corrected chi connectivity index (χ2v) is 7.44. The van der Waals surface area contributed by atoms with Gasteiger partial charge in [0, 0.05) is 42.0 Å². The van der Waals surface area contributed by atoms with Crippen molar-refractivity contribution >= 4 is 28.6 Å². The number of aliphatic imine (C=N–C) groups is 2. The number of hydrogen-bond acceptors (Lipinski definition) is 4. The van der Waals surface area contributed by atoms with Gasteiger partial charge < -0.3 is 14.6 Å². The van der Waals surface area contributed by atoms with Crippen LogP contribution in [0.1, 0.15) is 23.2 Å². The molecule has 0 amide bonds.